The maximum Gasteiger partial charge on any atom is 0.303 e. The largest absolute Gasteiger partial charge is 0.481 e. The van der Waals surface area contributed by atoms with Gasteiger partial charge in [0.15, 0.2) is 0 Å². The number of thioether (sulfide) groups is 1. The molecule has 2 fully saturated rings. The molecule has 0 radical (unpaired) electrons. The van der Waals surface area contributed by atoms with Crippen molar-refractivity contribution in [2.24, 2.45) is 5.92 Å². The fourth-order valence-electron chi connectivity index (χ4n) is 2.55. The van der Waals surface area contributed by atoms with Crippen molar-refractivity contribution in [2.75, 3.05) is 13.2 Å². The quantitative estimate of drug-likeness (QED) is 0.875. The molecule has 1 N–H and O–H groups in total. The molecule has 1 aliphatic carbocycles. The van der Waals surface area contributed by atoms with Gasteiger partial charge < -0.3 is 9.84 Å². The fraction of sp³-hybridized carbons (Fsp3) is 0.533. The summed E-state index contributed by atoms with van der Waals surface area (Å²) < 4.78 is 19.2. The van der Waals surface area contributed by atoms with E-state index in [1.807, 2.05) is 6.07 Å². The Kier molecular flexibility index (Phi) is 3.98. The highest BCUT2D eigenvalue weighted by Crippen LogP contribution is 2.45. The van der Waals surface area contributed by atoms with E-state index >= 15 is 0 Å². The summed E-state index contributed by atoms with van der Waals surface area (Å²) in [5.74, 6) is -0.695. The molecule has 108 valence electrons. The van der Waals surface area contributed by atoms with Crippen LogP contribution in [0.25, 0.3) is 0 Å². The van der Waals surface area contributed by atoms with Gasteiger partial charge in [-0.05, 0) is 42.4 Å². The zero-order valence-electron chi connectivity index (χ0n) is 11.0. The summed E-state index contributed by atoms with van der Waals surface area (Å²) in [5, 5.41) is 9.33. The standard InChI is InChI=1S/C15H17FO3S/c16-13-5-10(12(6-15(17)18)9-1-2-9)3-4-14(13)20-11-7-19-8-11/h3-5,9,11-12H,1-2,6-8H2,(H,17,18). The molecule has 20 heavy (non-hydrogen) atoms. The summed E-state index contributed by atoms with van der Waals surface area (Å²) in [6.45, 7) is 1.35. The summed E-state index contributed by atoms with van der Waals surface area (Å²) >= 11 is 1.50. The van der Waals surface area contributed by atoms with Gasteiger partial charge in [0.25, 0.3) is 0 Å². The van der Waals surface area contributed by atoms with Crippen molar-refractivity contribution in [3.05, 3.63) is 29.6 Å². The van der Waals surface area contributed by atoms with Crippen molar-refractivity contribution in [3.8, 4) is 0 Å². The highest BCUT2D eigenvalue weighted by Gasteiger charge is 2.34. The summed E-state index contributed by atoms with van der Waals surface area (Å²) in [6, 6.07) is 5.19. The lowest BCUT2D eigenvalue weighted by molar-refractivity contribution is -0.137. The van der Waals surface area contributed by atoms with Crippen LogP contribution in [0.4, 0.5) is 4.39 Å². The number of carbonyl (C=O) groups is 1. The van der Waals surface area contributed by atoms with Crippen LogP contribution in [0.3, 0.4) is 0 Å². The van der Waals surface area contributed by atoms with Crippen molar-refractivity contribution in [1.29, 1.82) is 0 Å². The van der Waals surface area contributed by atoms with E-state index in [-0.39, 0.29) is 18.2 Å². The van der Waals surface area contributed by atoms with E-state index in [2.05, 4.69) is 0 Å². The first-order chi connectivity index (χ1) is 9.63. The Morgan fingerprint density at radius 1 is 1.45 bits per heavy atom. The monoisotopic (exact) mass is 296 g/mol. The van der Waals surface area contributed by atoms with E-state index in [0.29, 0.717) is 29.3 Å². The lowest BCUT2D eigenvalue weighted by Gasteiger charge is -2.25. The minimum absolute atomic E-state index is 0.0481. The Bertz CT molecular complexity index is 512. The van der Waals surface area contributed by atoms with Crippen LogP contribution >= 0.6 is 11.8 Å². The topological polar surface area (TPSA) is 46.5 Å². The van der Waals surface area contributed by atoms with E-state index in [0.717, 1.165) is 18.4 Å². The zero-order valence-corrected chi connectivity index (χ0v) is 11.9. The SMILES string of the molecule is O=C(O)CC(c1ccc(SC2COC2)c(F)c1)C1CC1. The minimum Gasteiger partial charge on any atom is -0.481 e. The smallest absolute Gasteiger partial charge is 0.303 e. The van der Waals surface area contributed by atoms with Gasteiger partial charge in [0.2, 0.25) is 0 Å². The van der Waals surface area contributed by atoms with Gasteiger partial charge in [0, 0.05) is 4.90 Å². The first-order valence-corrected chi connectivity index (χ1v) is 7.77. The third-order valence-electron chi connectivity index (χ3n) is 3.87. The first kappa shape index (κ1) is 13.9. The van der Waals surface area contributed by atoms with Gasteiger partial charge in [-0.25, -0.2) is 4.39 Å². The Morgan fingerprint density at radius 3 is 2.70 bits per heavy atom. The third kappa shape index (κ3) is 3.15. The Balaban J connectivity index is 1.75. The van der Waals surface area contributed by atoms with E-state index < -0.39 is 5.97 Å². The predicted octanol–water partition coefficient (Wildman–Crippen LogP) is 3.28. The van der Waals surface area contributed by atoms with Crippen LogP contribution in [0.5, 0.6) is 0 Å². The molecule has 1 aromatic carbocycles. The number of benzene rings is 1. The van der Waals surface area contributed by atoms with Crippen molar-refractivity contribution >= 4 is 17.7 Å². The van der Waals surface area contributed by atoms with E-state index in [1.165, 1.54) is 17.8 Å². The molecular formula is C15H17FO3S. The average Bonchev–Trinajstić information content (AvgIpc) is 3.16. The second-order valence-corrected chi connectivity index (χ2v) is 6.85. The second-order valence-electron chi connectivity index (χ2n) is 5.51. The van der Waals surface area contributed by atoms with Crippen LogP contribution in [0, 0.1) is 11.7 Å². The lowest BCUT2D eigenvalue weighted by atomic mass is 9.91. The van der Waals surface area contributed by atoms with E-state index in [9.17, 15) is 9.18 Å². The molecule has 1 saturated heterocycles. The molecular weight excluding hydrogens is 279 g/mol. The number of rotatable bonds is 6. The van der Waals surface area contributed by atoms with Crippen molar-refractivity contribution in [2.45, 2.75) is 35.3 Å². The molecule has 3 rings (SSSR count). The van der Waals surface area contributed by atoms with Crippen molar-refractivity contribution < 1.29 is 19.0 Å². The van der Waals surface area contributed by atoms with Gasteiger partial charge in [-0.2, -0.15) is 0 Å². The van der Waals surface area contributed by atoms with Crippen molar-refractivity contribution in [1.82, 2.24) is 0 Å². The maximum absolute atomic E-state index is 14.1. The van der Waals surface area contributed by atoms with Gasteiger partial charge in [-0.1, -0.05) is 6.07 Å². The van der Waals surface area contributed by atoms with Crippen LogP contribution < -0.4 is 0 Å². The van der Waals surface area contributed by atoms with Gasteiger partial charge >= 0.3 is 5.97 Å². The molecule has 1 heterocycles. The Labute approximate surface area is 121 Å². The van der Waals surface area contributed by atoms with Crippen LogP contribution in [0.1, 0.15) is 30.7 Å². The van der Waals surface area contributed by atoms with Gasteiger partial charge in [-0.15, -0.1) is 11.8 Å². The van der Waals surface area contributed by atoms with Gasteiger partial charge in [-0.3, -0.25) is 4.79 Å². The molecule has 1 atom stereocenters. The number of hydrogen-bond acceptors (Lipinski definition) is 3. The van der Waals surface area contributed by atoms with Gasteiger partial charge in [0.1, 0.15) is 5.82 Å². The lowest BCUT2D eigenvalue weighted by Crippen LogP contribution is -2.30. The third-order valence-corrected chi connectivity index (χ3v) is 5.06. The summed E-state index contributed by atoms with van der Waals surface area (Å²) in [6.07, 6.45) is 2.19. The number of carboxylic acid groups (broad SMARTS) is 1. The number of carboxylic acids is 1. The fourth-order valence-corrected chi connectivity index (χ4v) is 3.55. The summed E-state index contributed by atoms with van der Waals surface area (Å²) in [5.41, 5.74) is 0.821. The molecule has 1 aliphatic heterocycles. The normalized spacial score (nSPS) is 20.4. The van der Waals surface area contributed by atoms with Crippen LogP contribution in [-0.2, 0) is 9.53 Å². The average molecular weight is 296 g/mol. The molecule has 1 unspecified atom stereocenters. The zero-order chi connectivity index (χ0) is 14.1. The molecule has 1 saturated carbocycles. The van der Waals surface area contributed by atoms with E-state index in [4.69, 9.17) is 9.84 Å². The highest BCUT2D eigenvalue weighted by atomic mass is 32.2. The first-order valence-electron chi connectivity index (χ1n) is 6.89. The number of ether oxygens (including phenoxy) is 1. The Morgan fingerprint density at radius 2 is 2.20 bits per heavy atom. The van der Waals surface area contributed by atoms with E-state index in [1.54, 1.807) is 6.07 Å². The molecule has 2 aliphatic rings. The minimum atomic E-state index is -0.813. The molecule has 0 spiro atoms. The van der Waals surface area contributed by atoms with Gasteiger partial charge in [0.05, 0.1) is 24.9 Å². The molecule has 0 aromatic heterocycles. The molecule has 1 aromatic rings. The van der Waals surface area contributed by atoms with Crippen LogP contribution in [0.2, 0.25) is 0 Å². The summed E-state index contributed by atoms with van der Waals surface area (Å²) in [7, 11) is 0. The predicted molar refractivity (Wildman–Crippen MR) is 74.6 cm³/mol. The highest BCUT2D eigenvalue weighted by molar-refractivity contribution is 8.00. The van der Waals surface area contributed by atoms with Crippen LogP contribution in [-0.4, -0.2) is 29.5 Å². The number of hydrogen-bond donors (Lipinski definition) is 1. The van der Waals surface area contributed by atoms with Crippen molar-refractivity contribution in [3.63, 3.8) is 0 Å². The van der Waals surface area contributed by atoms with Crippen LogP contribution in [0.15, 0.2) is 23.1 Å². The molecule has 5 heteroatoms. The number of halogens is 1. The molecule has 0 bridgehead atoms. The molecule has 0 amide bonds. The Hall–Kier alpha value is -1.07. The maximum atomic E-state index is 14.1. The number of aliphatic carboxylic acids is 1. The molecule has 3 nitrogen and oxygen atoms in total. The second kappa shape index (κ2) is 5.74. The summed E-state index contributed by atoms with van der Waals surface area (Å²) in [4.78, 5) is 11.6.